The lowest BCUT2D eigenvalue weighted by atomic mass is 10.3. The predicted octanol–water partition coefficient (Wildman–Crippen LogP) is 3.49. The highest BCUT2D eigenvalue weighted by atomic mass is 79.9. The van der Waals surface area contributed by atoms with Gasteiger partial charge in [-0.05, 0) is 37.4 Å². The van der Waals surface area contributed by atoms with Gasteiger partial charge in [0.15, 0.2) is 0 Å². The summed E-state index contributed by atoms with van der Waals surface area (Å²) in [7, 11) is 1.75. The standard InChI is InChI=1S/C18H19BrFN3O2/c1-23(12-18(25)21-14-5-3-2-4-6-14)10-9-17(24)22-16-8-7-13(19)11-15(16)20/h2-8,11H,9-10,12H2,1H3,(H,21,25)(H,22,24). The van der Waals surface area contributed by atoms with Gasteiger partial charge in [-0.2, -0.15) is 0 Å². The third-order valence-electron chi connectivity index (χ3n) is 3.40. The molecular weight excluding hydrogens is 389 g/mol. The molecule has 0 atom stereocenters. The summed E-state index contributed by atoms with van der Waals surface area (Å²) < 4.78 is 14.3. The van der Waals surface area contributed by atoms with E-state index in [1.54, 1.807) is 30.1 Å². The quantitative estimate of drug-likeness (QED) is 0.738. The summed E-state index contributed by atoms with van der Waals surface area (Å²) in [5, 5.41) is 5.30. The first-order chi connectivity index (χ1) is 11.9. The number of amides is 2. The van der Waals surface area contributed by atoms with E-state index in [4.69, 9.17) is 0 Å². The van der Waals surface area contributed by atoms with Crippen LogP contribution in [0.15, 0.2) is 53.0 Å². The number of nitrogens with one attached hydrogen (secondary N) is 2. The van der Waals surface area contributed by atoms with Crippen molar-refractivity contribution in [2.24, 2.45) is 0 Å². The van der Waals surface area contributed by atoms with E-state index in [1.807, 2.05) is 18.2 Å². The van der Waals surface area contributed by atoms with Gasteiger partial charge in [-0.25, -0.2) is 4.39 Å². The Labute approximate surface area is 154 Å². The van der Waals surface area contributed by atoms with Gasteiger partial charge >= 0.3 is 0 Å². The zero-order chi connectivity index (χ0) is 18.2. The van der Waals surface area contributed by atoms with Crippen molar-refractivity contribution < 1.29 is 14.0 Å². The van der Waals surface area contributed by atoms with Gasteiger partial charge in [0.1, 0.15) is 5.82 Å². The molecule has 0 spiro atoms. The number of para-hydroxylation sites is 1. The van der Waals surface area contributed by atoms with Crippen molar-refractivity contribution in [2.75, 3.05) is 30.8 Å². The number of hydrogen-bond donors (Lipinski definition) is 2. The zero-order valence-corrected chi connectivity index (χ0v) is 15.3. The maximum Gasteiger partial charge on any atom is 0.238 e. The van der Waals surface area contributed by atoms with E-state index < -0.39 is 5.82 Å². The first kappa shape index (κ1) is 19.1. The first-order valence-electron chi connectivity index (χ1n) is 7.72. The largest absolute Gasteiger partial charge is 0.325 e. The summed E-state index contributed by atoms with van der Waals surface area (Å²) in [6, 6.07) is 13.6. The number of hydrogen-bond acceptors (Lipinski definition) is 3. The van der Waals surface area contributed by atoms with Crippen molar-refractivity contribution in [1.29, 1.82) is 0 Å². The molecule has 2 amide bonds. The van der Waals surface area contributed by atoms with E-state index in [0.717, 1.165) is 5.69 Å². The Balaban J connectivity index is 1.74. The highest BCUT2D eigenvalue weighted by molar-refractivity contribution is 9.10. The van der Waals surface area contributed by atoms with Gasteiger partial charge in [0.25, 0.3) is 0 Å². The highest BCUT2D eigenvalue weighted by Gasteiger charge is 2.11. The van der Waals surface area contributed by atoms with Crippen molar-refractivity contribution in [1.82, 2.24) is 4.90 Å². The summed E-state index contributed by atoms with van der Waals surface area (Å²) >= 11 is 3.16. The van der Waals surface area contributed by atoms with Crippen molar-refractivity contribution in [3.63, 3.8) is 0 Å². The number of carbonyl (C=O) groups is 2. The topological polar surface area (TPSA) is 61.4 Å². The maximum absolute atomic E-state index is 13.7. The van der Waals surface area contributed by atoms with E-state index in [9.17, 15) is 14.0 Å². The van der Waals surface area contributed by atoms with E-state index in [0.29, 0.717) is 11.0 Å². The Morgan fingerprint density at radius 1 is 1.08 bits per heavy atom. The summed E-state index contributed by atoms with van der Waals surface area (Å²) in [5.74, 6) is -0.970. The Kier molecular flexibility index (Phi) is 7.09. The Morgan fingerprint density at radius 3 is 2.48 bits per heavy atom. The molecule has 0 aliphatic rings. The molecule has 0 saturated heterocycles. The van der Waals surface area contributed by atoms with Gasteiger partial charge < -0.3 is 10.6 Å². The van der Waals surface area contributed by atoms with Crippen LogP contribution < -0.4 is 10.6 Å². The molecule has 0 bridgehead atoms. The van der Waals surface area contributed by atoms with Gasteiger partial charge in [-0.1, -0.05) is 34.1 Å². The molecule has 0 aromatic heterocycles. The van der Waals surface area contributed by atoms with Gasteiger partial charge in [-0.3, -0.25) is 14.5 Å². The van der Waals surface area contributed by atoms with Crippen LogP contribution in [0.2, 0.25) is 0 Å². The lowest BCUT2D eigenvalue weighted by molar-refractivity contribution is -0.119. The van der Waals surface area contributed by atoms with Crippen LogP contribution in [0, 0.1) is 5.82 Å². The summed E-state index contributed by atoms with van der Waals surface area (Å²) in [5.41, 5.74) is 0.863. The molecule has 2 aromatic rings. The second-order valence-corrected chi connectivity index (χ2v) is 6.49. The predicted molar refractivity (Wildman–Crippen MR) is 99.9 cm³/mol. The van der Waals surface area contributed by atoms with E-state index >= 15 is 0 Å². The van der Waals surface area contributed by atoms with Crippen LogP contribution in [-0.2, 0) is 9.59 Å². The zero-order valence-electron chi connectivity index (χ0n) is 13.8. The van der Waals surface area contributed by atoms with Crippen molar-refractivity contribution in [3.8, 4) is 0 Å². The minimum atomic E-state index is -0.502. The Morgan fingerprint density at radius 2 is 1.80 bits per heavy atom. The van der Waals surface area contributed by atoms with Crippen molar-refractivity contribution in [2.45, 2.75) is 6.42 Å². The number of anilines is 2. The summed E-state index contributed by atoms with van der Waals surface area (Å²) in [6.07, 6.45) is 0.157. The van der Waals surface area contributed by atoms with Crippen LogP contribution in [0.1, 0.15) is 6.42 Å². The normalized spacial score (nSPS) is 10.6. The van der Waals surface area contributed by atoms with Crippen LogP contribution in [-0.4, -0.2) is 36.9 Å². The van der Waals surface area contributed by atoms with Crippen LogP contribution >= 0.6 is 15.9 Å². The second-order valence-electron chi connectivity index (χ2n) is 5.57. The van der Waals surface area contributed by atoms with Crippen LogP contribution in [0.4, 0.5) is 15.8 Å². The molecule has 2 aromatic carbocycles. The van der Waals surface area contributed by atoms with Crippen LogP contribution in [0.5, 0.6) is 0 Å². The SMILES string of the molecule is CN(CCC(=O)Nc1ccc(Br)cc1F)CC(=O)Nc1ccccc1. The molecule has 25 heavy (non-hydrogen) atoms. The van der Waals surface area contributed by atoms with Crippen molar-refractivity contribution in [3.05, 3.63) is 58.8 Å². The Bertz CT molecular complexity index is 740. The van der Waals surface area contributed by atoms with Gasteiger partial charge in [0, 0.05) is 23.1 Å². The van der Waals surface area contributed by atoms with Gasteiger partial charge in [-0.15, -0.1) is 0 Å². The summed E-state index contributed by atoms with van der Waals surface area (Å²) in [4.78, 5) is 25.6. The third-order valence-corrected chi connectivity index (χ3v) is 3.89. The molecule has 0 radical (unpaired) electrons. The fourth-order valence-corrected chi connectivity index (χ4v) is 2.48. The molecule has 0 fully saturated rings. The molecule has 0 aliphatic heterocycles. The second kappa shape index (κ2) is 9.29. The minimum Gasteiger partial charge on any atom is -0.325 e. The van der Waals surface area contributed by atoms with Crippen LogP contribution in [0.25, 0.3) is 0 Å². The Hall–Kier alpha value is -2.25. The number of benzene rings is 2. The lowest BCUT2D eigenvalue weighted by Gasteiger charge is -2.16. The molecular formula is C18H19BrFN3O2. The van der Waals surface area contributed by atoms with E-state index in [-0.39, 0.29) is 30.5 Å². The molecule has 2 rings (SSSR count). The average molecular weight is 408 g/mol. The monoisotopic (exact) mass is 407 g/mol. The van der Waals surface area contributed by atoms with E-state index in [2.05, 4.69) is 26.6 Å². The molecule has 132 valence electrons. The molecule has 2 N–H and O–H groups in total. The lowest BCUT2D eigenvalue weighted by Crippen LogP contribution is -2.32. The number of rotatable bonds is 7. The molecule has 0 unspecified atom stereocenters. The average Bonchev–Trinajstić information content (AvgIpc) is 2.56. The smallest absolute Gasteiger partial charge is 0.238 e. The van der Waals surface area contributed by atoms with Gasteiger partial charge in [0.05, 0.1) is 12.2 Å². The van der Waals surface area contributed by atoms with E-state index in [1.165, 1.54) is 12.1 Å². The molecule has 7 heteroatoms. The van der Waals surface area contributed by atoms with Crippen LogP contribution in [0.3, 0.4) is 0 Å². The summed E-state index contributed by atoms with van der Waals surface area (Å²) in [6.45, 7) is 0.543. The molecule has 0 aliphatic carbocycles. The highest BCUT2D eigenvalue weighted by Crippen LogP contribution is 2.19. The number of carbonyl (C=O) groups excluding carboxylic acids is 2. The fourth-order valence-electron chi connectivity index (χ4n) is 2.14. The van der Waals surface area contributed by atoms with Gasteiger partial charge in [0.2, 0.25) is 11.8 Å². The number of nitrogens with zero attached hydrogens (tertiary/aromatic N) is 1. The fraction of sp³-hybridized carbons (Fsp3) is 0.222. The van der Waals surface area contributed by atoms with Crippen molar-refractivity contribution >= 4 is 39.1 Å². The molecule has 0 saturated carbocycles. The number of halogens is 2. The molecule has 5 nitrogen and oxygen atoms in total. The molecule has 0 heterocycles. The minimum absolute atomic E-state index is 0.137. The first-order valence-corrected chi connectivity index (χ1v) is 8.51. The third kappa shape index (κ3) is 6.64. The number of likely N-dealkylation sites (N-methyl/N-ethyl adjacent to an activating group) is 1. The maximum atomic E-state index is 13.7.